The number of carbonyl (C=O) groups is 2. The van der Waals surface area contributed by atoms with Crippen LogP contribution in [0, 0.1) is 11.3 Å². The van der Waals surface area contributed by atoms with Gasteiger partial charge in [-0.25, -0.2) is 0 Å². The number of nitrogens with two attached hydrogens (primary N) is 1. The number of H-pyrrole nitrogens is 1. The normalized spacial score (nSPS) is 15.2. The number of likely N-dealkylation sites (tertiary alicyclic amines) is 1. The van der Waals surface area contributed by atoms with Crippen molar-refractivity contribution in [3.05, 3.63) is 148 Å². The summed E-state index contributed by atoms with van der Waals surface area (Å²) < 4.78 is 18.8. The van der Waals surface area contributed by atoms with Crippen molar-refractivity contribution in [3.8, 4) is 5.75 Å². The summed E-state index contributed by atoms with van der Waals surface area (Å²) in [5.41, 5.74) is 9.32. The number of nitrogens with zero attached hydrogens (tertiary/aromatic N) is 1. The van der Waals surface area contributed by atoms with Crippen LogP contribution in [0.5, 0.6) is 5.75 Å². The number of rotatable bonds is 25. The Morgan fingerprint density at radius 3 is 2.11 bits per heavy atom. The van der Waals surface area contributed by atoms with Gasteiger partial charge in [-0.1, -0.05) is 117 Å². The summed E-state index contributed by atoms with van der Waals surface area (Å²) in [4.78, 5) is 44.4. The lowest BCUT2D eigenvalue weighted by atomic mass is 9.64. The summed E-state index contributed by atoms with van der Waals surface area (Å²) >= 11 is 0. The minimum absolute atomic E-state index is 0.00977. The third kappa shape index (κ3) is 11.8. The maximum absolute atomic E-state index is 13.4. The van der Waals surface area contributed by atoms with Gasteiger partial charge in [0.05, 0.1) is 5.52 Å². The van der Waals surface area contributed by atoms with Crippen molar-refractivity contribution in [1.82, 2.24) is 20.5 Å². The number of amides is 2. The lowest BCUT2D eigenvalue weighted by molar-refractivity contribution is -0.124. The summed E-state index contributed by atoms with van der Waals surface area (Å²) in [5, 5.41) is 7.78. The van der Waals surface area contributed by atoms with Crippen molar-refractivity contribution in [1.29, 1.82) is 0 Å². The predicted octanol–water partition coefficient (Wildman–Crippen LogP) is 6.97. The summed E-state index contributed by atoms with van der Waals surface area (Å²) in [6.07, 6.45) is 3.58. The lowest BCUT2D eigenvalue weighted by Gasteiger charge is -2.41. The highest BCUT2D eigenvalue weighted by atomic mass is 28.2. The number of unbranched alkanes of at least 4 members (excludes halogenated alkanes) is 2. The van der Waals surface area contributed by atoms with Gasteiger partial charge < -0.3 is 39.8 Å². The molecule has 6 rings (SSSR count). The quantitative estimate of drug-likeness (QED) is 0.0279. The summed E-state index contributed by atoms with van der Waals surface area (Å²) in [5.74, 6) is 0.270. The van der Waals surface area contributed by atoms with Gasteiger partial charge in [0.1, 0.15) is 24.1 Å². The summed E-state index contributed by atoms with van der Waals surface area (Å²) in [6, 6.07) is 37.3. The van der Waals surface area contributed by atoms with Gasteiger partial charge in [0.25, 0.3) is 0 Å². The number of pyridine rings is 1. The van der Waals surface area contributed by atoms with Gasteiger partial charge in [0.2, 0.25) is 36.9 Å². The molecule has 2 heterocycles. The molecule has 5 aromatic rings. The van der Waals surface area contributed by atoms with E-state index in [1.165, 1.54) is 0 Å². The molecule has 2 amide bonds. The lowest BCUT2D eigenvalue weighted by Crippen LogP contribution is -2.49. The van der Waals surface area contributed by atoms with Crippen molar-refractivity contribution in [3.63, 3.8) is 0 Å². The molecular weight excluding hydrogens is 823 g/mol. The first-order valence-electron chi connectivity index (χ1n) is 22.2. The number of fused-ring (bicyclic) bond motifs is 1. The number of primary amides is 1. The van der Waals surface area contributed by atoms with Crippen LogP contribution in [0.1, 0.15) is 74.1 Å². The van der Waals surface area contributed by atoms with Crippen molar-refractivity contribution >= 4 is 42.2 Å². The largest absolute Gasteiger partial charge is 0.487 e. The van der Waals surface area contributed by atoms with E-state index in [4.69, 9.17) is 19.3 Å². The molecule has 13 heteroatoms. The Bertz CT molecular complexity index is 2220. The molecule has 332 valence electrons. The van der Waals surface area contributed by atoms with Crippen LogP contribution in [0.3, 0.4) is 0 Å². The SMILES string of the molecule is C[Si]OC(O[Si]C)C(C)(C)[C@H](CNCCCCCNC(=O)CCN1CC[C@@H](C(C(N)=O)(c2ccccc2)c2ccccc2)C1)c1ccc(OCc2ccccc2)c2[nH]c(=O)ccc12. The van der Waals surface area contributed by atoms with Crippen molar-refractivity contribution in [2.45, 2.75) is 83.3 Å². The summed E-state index contributed by atoms with van der Waals surface area (Å²) in [6.45, 7) is 13.0. The molecular formula is C50H63N5O6Si2. The van der Waals surface area contributed by atoms with Crippen LogP contribution in [0.15, 0.2) is 120 Å². The van der Waals surface area contributed by atoms with E-state index in [9.17, 15) is 14.4 Å². The van der Waals surface area contributed by atoms with Crippen LogP contribution >= 0.6 is 0 Å². The summed E-state index contributed by atoms with van der Waals surface area (Å²) in [7, 11) is 0.531. The highest BCUT2D eigenvalue weighted by molar-refractivity contribution is 6.26. The van der Waals surface area contributed by atoms with E-state index in [1.54, 1.807) is 6.07 Å². The molecule has 4 radical (unpaired) electrons. The minimum Gasteiger partial charge on any atom is -0.487 e. The Morgan fingerprint density at radius 1 is 0.841 bits per heavy atom. The van der Waals surface area contributed by atoms with Crippen molar-refractivity contribution in [2.75, 3.05) is 39.3 Å². The third-order valence-corrected chi connectivity index (χ3v) is 13.4. The van der Waals surface area contributed by atoms with Crippen molar-refractivity contribution < 1.29 is 23.2 Å². The molecule has 1 aliphatic rings. The molecule has 4 aromatic carbocycles. The van der Waals surface area contributed by atoms with Crippen LogP contribution < -0.4 is 26.7 Å². The topological polar surface area (TPSA) is 148 Å². The van der Waals surface area contributed by atoms with E-state index >= 15 is 0 Å². The molecule has 5 N–H and O–H groups in total. The van der Waals surface area contributed by atoms with Crippen LogP contribution in [0.2, 0.25) is 13.1 Å². The molecule has 0 aliphatic carbocycles. The van der Waals surface area contributed by atoms with E-state index < -0.39 is 17.1 Å². The minimum atomic E-state index is -0.943. The molecule has 1 saturated heterocycles. The van der Waals surface area contributed by atoms with Crippen LogP contribution in [0.4, 0.5) is 0 Å². The fourth-order valence-corrected chi connectivity index (χ4v) is 10.4. The third-order valence-electron chi connectivity index (χ3n) is 12.5. The molecule has 0 unspecified atom stereocenters. The highest BCUT2D eigenvalue weighted by Crippen LogP contribution is 2.45. The number of hydrogen-bond acceptors (Lipinski definition) is 8. The molecule has 63 heavy (non-hydrogen) atoms. The van der Waals surface area contributed by atoms with Crippen LogP contribution in [0.25, 0.3) is 10.9 Å². The number of aromatic nitrogens is 1. The smallest absolute Gasteiger partial charge is 0.248 e. The van der Waals surface area contributed by atoms with Crippen LogP contribution in [-0.2, 0) is 30.5 Å². The number of carbonyl (C=O) groups excluding carboxylic acids is 2. The fraction of sp³-hybridized carbons (Fsp3) is 0.420. The molecule has 1 aromatic heterocycles. The number of ether oxygens (including phenoxy) is 1. The number of hydrogen-bond donors (Lipinski definition) is 4. The second-order valence-corrected chi connectivity index (χ2v) is 18.2. The Labute approximate surface area is 377 Å². The van der Waals surface area contributed by atoms with Gasteiger partial charge in [-0.3, -0.25) is 14.4 Å². The van der Waals surface area contributed by atoms with Gasteiger partial charge in [0.15, 0.2) is 0 Å². The second-order valence-electron chi connectivity index (χ2n) is 16.9. The predicted molar refractivity (Wildman–Crippen MR) is 253 cm³/mol. The molecule has 11 nitrogen and oxygen atoms in total. The second kappa shape index (κ2) is 23.2. The average Bonchev–Trinajstić information content (AvgIpc) is 3.77. The first kappa shape index (κ1) is 47.6. The fourth-order valence-electron chi connectivity index (χ4n) is 9.18. The van der Waals surface area contributed by atoms with E-state index in [0.29, 0.717) is 50.5 Å². The molecule has 0 saturated carbocycles. The van der Waals surface area contributed by atoms with E-state index in [1.807, 2.05) is 116 Å². The first-order valence-corrected chi connectivity index (χ1v) is 25.0. The number of benzene rings is 4. The van der Waals surface area contributed by atoms with Gasteiger partial charge in [-0.2, -0.15) is 0 Å². The Hall–Kier alpha value is -4.90. The van der Waals surface area contributed by atoms with E-state index in [0.717, 1.165) is 66.4 Å². The molecule has 1 aliphatic heterocycles. The Balaban J connectivity index is 1.00. The van der Waals surface area contributed by atoms with Gasteiger partial charge in [0, 0.05) is 55.4 Å². The zero-order valence-electron chi connectivity index (χ0n) is 37.2. The van der Waals surface area contributed by atoms with E-state index in [-0.39, 0.29) is 48.7 Å². The highest BCUT2D eigenvalue weighted by Gasteiger charge is 2.49. The van der Waals surface area contributed by atoms with Gasteiger partial charge in [-0.15, -0.1) is 0 Å². The molecule has 1 fully saturated rings. The maximum atomic E-state index is 13.4. The Morgan fingerprint density at radius 2 is 1.48 bits per heavy atom. The van der Waals surface area contributed by atoms with Gasteiger partial charge in [-0.05, 0) is 85.8 Å². The Kier molecular flexibility index (Phi) is 17.5. The number of aromatic amines is 1. The number of nitrogens with one attached hydrogen (secondary N) is 3. The zero-order chi connectivity index (χ0) is 44.7. The van der Waals surface area contributed by atoms with Crippen LogP contribution in [-0.4, -0.2) is 86.8 Å². The molecule has 2 atom stereocenters. The average molecular weight is 886 g/mol. The van der Waals surface area contributed by atoms with Crippen molar-refractivity contribution in [2.24, 2.45) is 17.1 Å². The molecule has 0 bridgehead atoms. The zero-order valence-corrected chi connectivity index (χ0v) is 39.2. The standard InChI is InChI=1S/C50H63N5O6Si2/c1-49(2,48(60-62-3)61-63-4)42(40-23-25-43(46-41(40)24-26-45(57)54-46)59-35-36-17-9-5-10-18-36)33-52-29-15-8-16-30-53-44(56)28-32-55-31-27-39(34-55)50(47(51)58,37-19-11-6-12-20-37)38-21-13-7-14-22-38/h5-7,9-14,17-26,39,42,48,52H,8,15-16,27-35H2,1-4H3,(H2,51,58)(H,53,56)(H,54,57)/t39-,42-/m1/s1. The first-order chi connectivity index (χ1) is 30.6. The monoisotopic (exact) mass is 885 g/mol. The van der Waals surface area contributed by atoms with E-state index in [2.05, 4.69) is 40.4 Å². The maximum Gasteiger partial charge on any atom is 0.248 e. The molecule has 0 spiro atoms. The van der Waals surface area contributed by atoms with Gasteiger partial charge >= 0.3 is 0 Å².